The molecule has 0 aliphatic rings. The van der Waals surface area contributed by atoms with Crippen molar-refractivity contribution in [2.75, 3.05) is 23.4 Å². The molecule has 0 saturated heterocycles. The van der Waals surface area contributed by atoms with Crippen molar-refractivity contribution >= 4 is 44.4 Å². The molecule has 0 aliphatic heterocycles. The number of hydrogen-bond donors (Lipinski definition) is 2. The van der Waals surface area contributed by atoms with Gasteiger partial charge in [-0.2, -0.15) is 11.8 Å². The Hall–Kier alpha value is -1.11. The lowest BCUT2D eigenvalue weighted by Gasteiger charge is -1.99. The highest BCUT2D eigenvalue weighted by Gasteiger charge is 2.06. The lowest BCUT2D eigenvalue weighted by atomic mass is 10.3. The van der Waals surface area contributed by atoms with Crippen LogP contribution >= 0.6 is 23.1 Å². The van der Waals surface area contributed by atoms with Crippen LogP contribution in [0.2, 0.25) is 0 Å². The minimum Gasteiger partial charge on any atom is -0.330 e. The van der Waals surface area contributed by atoms with Crippen molar-refractivity contribution < 1.29 is 4.79 Å². The van der Waals surface area contributed by atoms with Crippen molar-refractivity contribution in [1.29, 1.82) is 0 Å². The van der Waals surface area contributed by atoms with Crippen LogP contribution in [0.1, 0.15) is 0 Å². The van der Waals surface area contributed by atoms with E-state index in [0.717, 1.165) is 16.0 Å². The third-order valence-electron chi connectivity index (χ3n) is 2.04. The Morgan fingerprint density at radius 2 is 2.29 bits per heavy atom. The summed E-state index contributed by atoms with van der Waals surface area (Å²) in [6.07, 6.45) is 0. The van der Waals surface area contributed by atoms with Crippen LogP contribution in [-0.4, -0.2) is 28.9 Å². The number of carbonyl (C=O) groups is 1. The normalized spacial score (nSPS) is 10.6. The summed E-state index contributed by atoms with van der Waals surface area (Å²) in [6.45, 7) is 0.596. The third kappa shape index (κ3) is 3.42. The molecule has 6 heteroatoms. The molecule has 0 saturated carbocycles. The SMILES string of the molecule is NCCSCC(=O)Nc1nc2ccccc2s1. The van der Waals surface area contributed by atoms with Crippen molar-refractivity contribution in [3.8, 4) is 0 Å². The average molecular weight is 267 g/mol. The molecule has 0 atom stereocenters. The first-order valence-electron chi connectivity index (χ1n) is 5.23. The van der Waals surface area contributed by atoms with Gasteiger partial charge in [0.05, 0.1) is 16.0 Å². The first-order valence-corrected chi connectivity index (χ1v) is 7.20. The fourth-order valence-corrected chi connectivity index (χ4v) is 2.78. The lowest BCUT2D eigenvalue weighted by Crippen LogP contribution is -2.15. The number of thiazole rings is 1. The second kappa shape index (κ2) is 6.00. The number of hydrogen-bond acceptors (Lipinski definition) is 5. The van der Waals surface area contributed by atoms with Crippen LogP contribution in [0.15, 0.2) is 24.3 Å². The highest BCUT2D eigenvalue weighted by Crippen LogP contribution is 2.25. The number of thioether (sulfide) groups is 1. The number of amides is 1. The number of anilines is 1. The number of carbonyl (C=O) groups excluding carboxylic acids is 1. The molecule has 0 radical (unpaired) electrons. The second-order valence-electron chi connectivity index (χ2n) is 3.38. The van der Waals surface area contributed by atoms with Crippen LogP contribution < -0.4 is 11.1 Å². The van der Waals surface area contributed by atoms with Crippen LogP contribution in [0.25, 0.3) is 10.2 Å². The summed E-state index contributed by atoms with van der Waals surface area (Å²) in [6, 6.07) is 7.82. The van der Waals surface area contributed by atoms with Crippen molar-refractivity contribution in [2.45, 2.75) is 0 Å². The molecule has 0 bridgehead atoms. The monoisotopic (exact) mass is 267 g/mol. The van der Waals surface area contributed by atoms with Crippen molar-refractivity contribution in [2.24, 2.45) is 5.73 Å². The maximum atomic E-state index is 11.6. The summed E-state index contributed by atoms with van der Waals surface area (Å²) in [4.78, 5) is 15.9. The van der Waals surface area contributed by atoms with Crippen molar-refractivity contribution in [3.05, 3.63) is 24.3 Å². The Kier molecular flexibility index (Phi) is 4.36. The number of aromatic nitrogens is 1. The fourth-order valence-electron chi connectivity index (χ4n) is 1.33. The van der Waals surface area contributed by atoms with Crippen LogP contribution in [0.4, 0.5) is 5.13 Å². The minimum atomic E-state index is -0.0255. The van der Waals surface area contributed by atoms with Gasteiger partial charge in [-0.1, -0.05) is 23.5 Å². The van der Waals surface area contributed by atoms with Gasteiger partial charge in [0.25, 0.3) is 0 Å². The van der Waals surface area contributed by atoms with E-state index in [1.165, 1.54) is 23.1 Å². The number of nitrogens with two attached hydrogens (primary N) is 1. The van der Waals surface area contributed by atoms with Gasteiger partial charge in [-0.05, 0) is 12.1 Å². The van der Waals surface area contributed by atoms with E-state index >= 15 is 0 Å². The van der Waals surface area contributed by atoms with Gasteiger partial charge in [0.2, 0.25) is 5.91 Å². The molecule has 0 aliphatic carbocycles. The number of para-hydroxylation sites is 1. The number of benzene rings is 1. The maximum Gasteiger partial charge on any atom is 0.236 e. The first kappa shape index (κ1) is 12.3. The molecular formula is C11H13N3OS2. The zero-order chi connectivity index (χ0) is 12.1. The Morgan fingerprint density at radius 3 is 3.06 bits per heavy atom. The van der Waals surface area contributed by atoms with Gasteiger partial charge >= 0.3 is 0 Å². The summed E-state index contributed by atoms with van der Waals surface area (Å²) in [7, 11) is 0. The molecule has 4 nitrogen and oxygen atoms in total. The number of nitrogens with zero attached hydrogens (tertiary/aromatic N) is 1. The largest absolute Gasteiger partial charge is 0.330 e. The van der Waals surface area contributed by atoms with E-state index in [9.17, 15) is 4.79 Å². The van der Waals surface area contributed by atoms with Crippen LogP contribution in [0, 0.1) is 0 Å². The number of rotatable bonds is 5. The van der Waals surface area contributed by atoms with E-state index < -0.39 is 0 Å². The minimum absolute atomic E-state index is 0.0255. The average Bonchev–Trinajstić information content (AvgIpc) is 2.71. The van der Waals surface area contributed by atoms with Gasteiger partial charge in [0, 0.05) is 12.3 Å². The van der Waals surface area contributed by atoms with Crippen molar-refractivity contribution in [1.82, 2.24) is 4.98 Å². The highest BCUT2D eigenvalue weighted by molar-refractivity contribution is 7.99. The molecule has 1 aromatic heterocycles. The molecular weight excluding hydrogens is 254 g/mol. The molecule has 90 valence electrons. The predicted octanol–water partition coefficient (Wildman–Crippen LogP) is 1.93. The Morgan fingerprint density at radius 1 is 1.47 bits per heavy atom. The molecule has 1 aromatic carbocycles. The summed E-state index contributed by atoms with van der Waals surface area (Å²) in [5.41, 5.74) is 6.27. The quantitative estimate of drug-likeness (QED) is 0.812. The molecule has 17 heavy (non-hydrogen) atoms. The summed E-state index contributed by atoms with van der Waals surface area (Å²) >= 11 is 3.02. The molecule has 0 unspecified atom stereocenters. The van der Waals surface area contributed by atoms with Crippen LogP contribution in [-0.2, 0) is 4.79 Å². The highest BCUT2D eigenvalue weighted by atomic mass is 32.2. The van der Waals surface area contributed by atoms with Gasteiger partial charge in [-0.3, -0.25) is 4.79 Å². The molecule has 1 heterocycles. The topological polar surface area (TPSA) is 68.0 Å². The first-order chi connectivity index (χ1) is 8.29. The van der Waals surface area contributed by atoms with Gasteiger partial charge in [0.15, 0.2) is 5.13 Å². The molecule has 0 spiro atoms. The zero-order valence-corrected chi connectivity index (χ0v) is 10.8. The summed E-state index contributed by atoms with van der Waals surface area (Å²) in [5, 5.41) is 3.45. The van der Waals surface area contributed by atoms with E-state index in [4.69, 9.17) is 5.73 Å². The fraction of sp³-hybridized carbons (Fsp3) is 0.273. The molecule has 0 fully saturated rings. The molecule has 2 aromatic rings. The van der Waals surface area contributed by atoms with E-state index in [2.05, 4.69) is 10.3 Å². The van der Waals surface area contributed by atoms with E-state index in [0.29, 0.717) is 17.4 Å². The van der Waals surface area contributed by atoms with Gasteiger partial charge in [0.1, 0.15) is 0 Å². The van der Waals surface area contributed by atoms with Crippen molar-refractivity contribution in [3.63, 3.8) is 0 Å². The Labute approximate surface area is 108 Å². The molecule has 2 rings (SSSR count). The maximum absolute atomic E-state index is 11.6. The van der Waals surface area contributed by atoms with Gasteiger partial charge in [-0.25, -0.2) is 4.98 Å². The number of nitrogens with one attached hydrogen (secondary N) is 1. The van der Waals surface area contributed by atoms with Gasteiger partial charge < -0.3 is 11.1 Å². The van der Waals surface area contributed by atoms with Crippen LogP contribution in [0.3, 0.4) is 0 Å². The Bertz CT molecular complexity index is 479. The molecule has 1 amide bonds. The zero-order valence-electron chi connectivity index (χ0n) is 9.18. The summed E-state index contributed by atoms with van der Waals surface area (Å²) < 4.78 is 1.08. The Balaban J connectivity index is 1.96. The third-order valence-corrected chi connectivity index (χ3v) is 3.98. The van der Waals surface area contributed by atoms with E-state index in [1.807, 2.05) is 24.3 Å². The second-order valence-corrected chi connectivity index (χ2v) is 5.51. The van der Waals surface area contributed by atoms with E-state index in [-0.39, 0.29) is 5.91 Å². The number of fused-ring (bicyclic) bond motifs is 1. The van der Waals surface area contributed by atoms with Gasteiger partial charge in [-0.15, -0.1) is 0 Å². The van der Waals surface area contributed by atoms with E-state index in [1.54, 1.807) is 0 Å². The predicted molar refractivity (Wildman–Crippen MR) is 74.6 cm³/mol. The molecule has 3 N–H and O–H groups in total. The standard InChI is InChI=1S/C11H13N3OS2/c12-5-6-16-7-10(15)14-11-13-8-3-1-2-4-9(8)17-11/h1-4H,5-7,12H2,(H,13,14,15). The summed E-state index contributed by atoms with van der Waals surface area (Å²) in [5.74, 6) is 1.20. The lowest BCUT2D eigenvalue weighted by molar-refractivity contribution is -0.113. The smallest absolute Gasteiger partial charge is 0.236 e. The van der Waals surface area contributed by atoms with Crippen LogP contribution in [0.5, 0.6) is 0 Å².